The van der Waals surface area contributed by atoms with Gasteiger partial charge in [-0.3, -0.25) is 4.79 Å². The maximum Gasteiger partial charge on any atom is 0.326 e. The summed E-state index contributed by atoms with van der Waals surface area (Å²) in [4.78, 5) is 17.1. The Kier molecular flexibility index (Phi) is 5.37. The largest absolute Gasteiger partial charge is 0.426 e. The van der Waals surface area contributed by atoms with E-state index in [0.717, 1.165) is 24.5 Å². The second-order valence-corrected chi connectivity index (χ2v) is 12.9. The summed E-state index contributed by atoms with van der Waals surface area (Å²) in [5.74, 6) is 0.260. The fraction of sp³-hybridized carbons (Fsp3) is 0.136. The molecule has 0 fully saturated rings. The number of halogens is 1. The number of benzene rings is 3. The van der Waals surface area contributed by atoms with Crippen LogP contribution in [0.4, 0.5) is 0 Å². The predicted molar refractivity (Wildman–Crippen MR) is 120 cm³/mol. The van der Waals surface area contributed by atoms with Gasteiger partial charge in [0, 0.05) is 0 Å². The van der Waals surface area contributed by atoms with Crippen molar-refractivity contribution in [2.75, 3.05) is 0 Å². The first kappa shape index (κ1) is 19.7. The molecule has 1 aliphatic heterocycles. The van der Waals surface area contributed by atoms with E-state index in [1.807, 2.05) is 74.5 Å². The molecule has 3 nitrogen and oxygen atoms in total. The first-order valence-electron chi connectivity index (χ1n) is 8.71. The molecule has 0 bridgehead atoms. The van der Waals surface area contributed by atoms with Gasteiger partial charge in [-0.15, -0.1) is 0 Å². The van der Waals surface area contributed by atoms with Crippen LogP contribution in [-0.2, 0) is 26.5 Å². The molecule has 4 rings (SSSR count). The molecule has 0 saturated carbocycles. The van der Waals surface area contributed by atoms with Crippen LogP contribution >= 0.6 is 22.6 Å². The Bertz CT molecular complexity index is 1020. The molecule has 6 heteroatoms. The van der Waals surface area contributed by atoms with Crippen molar-refractivity contribution in [1.29, 1.82) is 0 Å². The molecule has 0 N–H and O–H groups in total. The Morgan fingerprint density at radius 2 is 1.39 bits per heavy atom. The lowest BCUT2D eigenvalue weighted by molar-refractivity contribution is -0.135. The quantitative estimate of drug-likeness (QED) is 0.120. The number of hydrogen-bond donors (Lipinski definition) is 0. The first-order valence-corrected chi connectivity index (χ1v) is 12.2. The van der Waals surface area contributed by atoms with Crippen molar-refractivity contribution < 1.29 is 13.7 Å². The molecular weight excluding hydrogens is 503 g/mol. The zero-order valence-corrected chi connectivity index (χ0v) is 19.1. The van der Waals surface area contributed by atoms with E-state index in [2.05, 4.69) is 34.7 Å². The van der Waals surface area contributed by atoms with E-state index in [1.54, 1.807) is 0 Å². The lowest BCUT2D eigenvalue weighted by Gasteiger charge is -2.19. The minimum absolute atomic E-state index is 0.271. The van der Waals surface area contributed by atoms with Gasteiger partial charge in [0.2, 0.25) is 0 Å². The van der Waals surface area contributed by atoms with Gasteiger partial charge in [0.05, 0.1) is 20.6 Å². The molecule has 0 saturated heterocycles. The molecule has 3 aromatic carbocycles. The molecule has 3 aromatic rings. The molecule has 0 unspecified atom stereocenters. The molecule has 1 aliphatic rings. The van der Waals surface area contributed by atoms with E-state index in [-0.39, 0.29) is 16.9 Å². The van der Waals surface area contributed by atoms with E-state index in [1.165, 1.54) is 0 Å². The summed E-state index contributed by atoms with van der Waals surface area (Å²) in [5, 5.41) is 0. The van der Waals surface area contributed by atoms with Crippen LogP contribution in [0.5, 0.6) is 5.75 Å². The van der Waals surface area contributed by atoms with E-state index in [4.69, 9.17) is 4.74 Å². The molecular formula is C22H18IO3S2+. The Morgan fingerprint density at radius 1 is 0.893 bits per heavy atom. The van der Waals surface area contributed by atoms with E-state index >= 15 is 0 Å². The average molecular weight is 521 g/mol. The van der Waals surface area contributed by atoms with Gasteiger partial charge in [-0.25, -0.2) is 4.21 Å². The molecule has 0 spiro atoms. The summed E-state index contributed by atoms with van der Waals surface area (Å²) in [5.41, 5.74) is 0. The van der Waals surface area contributed by atoms with Crippen LogP contribution in [-0.4, -0.2) is 13.6 Å². The van der Waals surface area contributed by atoms with Crippen molar-refractivity contribution in [3.63, 3.8) is 0 Å². The summed E-state index contributed by atoms with van der Waals surface area (Å²) in [7, 11) is -1.52. The number of hydrogen-bond acceptors (Lipinski definition) is 3. The number of carbonyl (C=O) groups excluding carboxylic acids is 1. The lowest BCUT2D eigenvalue weighted by Crippen LogP contribution is -2.28. The van der Waals surface area contributed by atoms with Crippen LogP contribution < -0.4 is 4.74 Å². The second kappa shape index (κ2) is 7.65. The summed E-state index contributed by atoms with van der Waals surface area (Å²) in [6.07, 6.45) is 0. The smallest absolute Gasteiger partial charge is 0.326 e. The number of fused-ring (bicyclic) bond motifs is 2. The van der Waals surface area contributed by atoms with Crippen molar-refractivity contribution in [2.45, 2.75) is 41.7 Å². The van der Waals surface area contributed by atoms with E-state index in [9.17, 15) is 9.00 Å². The van der Waals surface area contributed by atoms with Crippen LogP contribution in [0.25, 0.3) is 0 Å². The van der Waals surface area contributed by atoms with Crippen molar-refractivity contribution >= 4 is 50.3 Å². The Morgan fingerprint density at radius 3 is 1.89 bits per heavy atom. The third-order valence-corrected chi connectivity index (χ3v) is 8.84. The zero-order chi connectivity index (χ0) is 19.9. The van der Waals surface area contributed by atoms with Crippen LogP contribution in [0.3, 0.4) is 0 Å². The van der Waals surface area contributed by atoms with Gasteiger partial charge in [0.25, 0.3) is 0 Å². The van der Waals surface area contributed by atoms with Gasteiger partial charge in [0.1, 0.15) is 20.1 Å². The van der Waals surface area contributed by atoms with Gasteiger partial charge in [-0.2, -0.15) is 0 Å². The SMILES string of the molecule is CC(C)(I)C(=O)Oc1ccc([S+]2c3ccccc3S(=O)c3ccccc32)cc1. The van der Waals surface area contributed by atoms with Crippen molar-refractivity contribution in [2.24, 2.45) is 0 Å². The number of carbonyl (C=O) groups is 1. The monoisotopic (exact) mass is 521 g/mol. The molecule has 142 valence electrons. The van der Waals surface area contributed by atoms with Gasteiger partial charge >= 0.3 is 5.97 Å². The number of ether oxygens (including phenoxy) is 1. The van der Waals surface area contributed by atoms with E-state index in [0.29, 0.717) is 5.75 Å². The summed E-state index contributed by atoms with van der Waals surface area (Å²) in [6, 6.07) is 23.5. The highest BCUT2D eigenvalue weighted by Crippen LogP contribution is 2.43. The highest BCUT2D eigenvalue weighted by molar-refractivity contribution is 14.1. The molecule has 0 amide bonds. The second-order valence-electron chi connectivity index (χ2n) is 6.80. The van der Waals surface area contributed by atoms with Gasteiger partial charge in [-0.05, 0) is 62.4 Å². The van der Waals surface area contributed by atoms with Crippen molar-refractivity contribution in [3.05, 3.63) is 72.8 Å². The maximum absolute atomic E-state index is 13.0. The van der Waals surface area contributed by atoms with Gasteiger partial charge in [-0.1, -0.05) is 46.9 Å². The highest BCUT2D eigenvalue weighted by Gasteiger charge is 2.40. The maximum atomic E-state index is 13.0. The Balaban J connectivity index is 1.75. The topological polar surface area (TPSA) is 43.4 Å². The number of alkyl halides is 1. The highest BCUT2D eigenvalue weighted by atomic mass is 127. The fourth-order valence-corrected chi connectivity index (χ4v) is 7.23. The standard InChI is InChI=1S/C22H18IO3S2/c1-22(2,23)21(24)26-15-11-13-16(14-12-15)27-17-7-3-5-9-19(17)28(25)20-10-6-4-8-18(20)27/h3-14H,1-2H3/q+1. The van der Waals surface area contributed by atoms with Crippen LogP contribution in [0.15, 0.2) is 97.3 Å². The molecule has 0 aromatic heterocycles. The zero-order valence-electron chi connectivity index (χ0n) is 15.3. The van der Waals surface area contributed by atoms with Crippen LogP contribution in [0.2, 0.25) is 0 Å². The third kappa shape index (κ3) is 3.65. The molecule has 0 atom stereocenters. The molecule has 0 aliphatic carbocycles. The van der Waals surface area contributed by atoms with Crippen molar-refractivity contribution in [3.8, 4) is 5.75 Å². The normalized spacial score (nSPS) is 18.1. The molecule has 28 heavy (non-hydrogen) atoms. The number of esters is 1. The number of rotatable bonds is 3. The minimum atomic E-state index is -1.17. The minimum Gasteiger partial charge on any atom is -0.426 e. The predicted octanol–water partition coefficient (Wildman–Crippen LogP) is 5.38. The van der Waals surface area contributed by atoms with E-state index < -0.39 is 14.2 Å². The molecule has 0 radical (unpaired) electrons. The van der Waals surface area contributed by atoms with Gasteiger partial charge < -0.3 is 4.74 Å². The summed E-state index contributed by atoms with van der Waals surface area (Å²) in [6.45, 7) is 3.64. The summed E-state index contributed by atoms with van der Waals surface area (Å²) < 4.78 is 17.9. The first-order chi connectivity index (χ1) is 13.4. The lowest BCUT2D eigenvalue weighted by atomic mass is 10.2. The summed E-state index contributed by atoms with van der Waals surface area (Å²) >= 11 is 2.07. The fourth-order valence-electron chi connectivity index (χ4n) is 2.91. The Hall–Kier alpha value is -1.64. The van der Waals surface area contributed by atoms with Crippen molar-refractivity contribution in [1.82, 2.24) is 0 Å². The molecule has 1 heterocycles. The van der Waals surface area contributed by atoms with Crippen LogP contribution in [0, 0.1) is 0 Å². The average Bonchev–Trinajstić information content (AvgIpc) is 2.69. The third-order valence-electron chi connectivity index (χ3n) is 4.29. The van der Waals surface area contributed by atoms with Crippen LogP contribution in [0.1, 0.15) is 13.8 Å². The van der Waals surface area contributed by atoms with Gasteiger partial charge in [0.15, 0.2) is 14.7 Å². The Labute approximate surface area is 183 Å².